The predicted molar refractivity (Wildman–Crippen MR) is 75.1 cm³/mol. The Morgan fingerprint density at radius 1 is 1.47 bits per heavy atom. The molecule has 0 amide bonds. The molecule has 2 rings (SSSR count). The molecule has 0 fully saturated rings. The van der Waals surface area contributed by atoms with E-state index < -0.39 is 10.0 Å². The fourth-order valence-electron chi connectivity index (χ4n) is 1.35. The summed E-state index contributed by atoms with van der Waals surface area (Å²) in [6, 6.07) is 3.54. The van der Waals surface area contributed by atoms with Gasteiger partial charge in [0.25, 0.3) is 0 Å². The first-order valence-electron chi connectivity index (χ1n) is 4.76. The second-order valence-electron chi connectivity index (χ2n) is 3.43. The maximum absolute atomic E-state index is 12.0. The maximum atomic E-state index is 12.0. The van der Waals surface area contributed by atoms with Gasteiger partial charge in [-0.3, -0.25) is 0 Å². The van der Waals surface area contributed by atoms with Gasteiger partial charge in [-0.2, -0.15) is 11.3 Å². The van der Waals surface area contributed by atoms with Gasteiger partial charge in [-0.25, -0.2) is 13.1 Å². The molecule has 0 radical (unpaired) electrons. The molecule has 17 heavy (non-hydrogen) atoms. The third-order valence-electron chi connectivity index (χ3n) is 2.18. The van der Waals surface area contributed by atoms with E-state index in [9.17, 15) is 8.42 Å². The van der Waals surface area contributed by atoms with Crippen LogP contribution < -0.4 is 4.72 Å². The van der Waals surface area contributed by atoms with Crippen LogP contribution in [-0.2, 0) is 16.6 Å². The predicted octanol–water partition coefficient (Wildman–Crippen LogP) is 3.36. The summed E-state index contributed by atoms with van der Waals surface area (Å²) < 4.78 is 27.5. The average molecular weight is 352 g/mol. The van der Waals surface area contributed by atoms with Crippen LogP contribution in [0.4, 0.5) is 0 Å². The van der Waals surface area contributed by atoms with Crippen molar-refractivity contribution >= 4 is 48.6 Å². The molecule has 7 heteroatoms. The number of thiophene rings is 2. The Bertz CT molecular complexity index is 602. The van der Waals surface area contributed by atoms with Crippen LogP contribution in [0.5, 0.6) is 0 Å². The van der Waals surface area contributed by atoms with Gasteiger partial charge in [-0.15, -0.1) is 11.3 Å². The topological polar surface area (TPSA) is 46.2 Å². The highest BCUT2D eigenvalue weighted by Gasteiger charge is 2.19. The number of aryl methyl sites for hydroxylation is 1. The normalized spacial score (nSPS) is 11.9. The zero-order valence-corrected chi connectivity index (χ0v) is 13.0. The van der Waals surface area contributed by atoms with E-state index in [0.717, 1.165) is 14.2 Å². The monoisotopic (exact) mass is 351 g/mol. The van der Waals surface area contributed by atoms with E-state index in [4.69, 9.17) is 0 Å². The van der Waals surface area contributed by atoms with Crippen molar-refractivity contribution in [1.82, 2.24) is 4.72 Å². The molecule has 0 saturated heterocycles. The molecule has 0 saturated carbocycles. The van der Waals surface area contributed by atoms with Crippen LogP contribution in [0.25, 0.3) is 0 Å². The third kappa shape index (κ3) is 3.17. The third-order valence-corrected chi connectivity index (χ3v) is 6.12. The van der Waals surface area contributed by atoms with Crippen molar-refractivity contribution in [3.63, 3.8) is 0 Å². The lowest BCUT2D eigenvalue weighted by Crippen LogP contribution is -2.23. The maximum Gasteiger partial charge on any atom is 0.242 e. The molecule has 0 aliphatic heterocycles. The lowest BCUT2D eigenvalue weighted by Gasteiger charge is -2.04. The fraction of sp³-hybridized carbons (Fsp3) is 0.200. The van der Waals surface area contributed by atoms with E-state index in [1.807, 2.05) is 16.8 Å². The quantitative estimate of drug-likeness (QED) is 0.917. The number of sulfonamides is 1. The first kappa shape index (κ1) is 13.2. The molecule has 0 unspecified atom stereocenters. The van der Waals surface area contributed by atoms with E-state index in [-0.39, 0.29) is 0 Å². The molecule has 1 N–H and O–H groups in total. The molecule has 0 bridgehead atoms. The van der Waals surface area contributed by atoms with Crippen LogP contribution in [0.3, 0.4) is 0 Å². The summed E-state index contributed by atoms with van der Waals surface area (Å²) in [7, 11) is -3.41. The molecule has 3 nitrogen and oxygen atoms in total. The number of hydrogen-bond donors (Lipinski definition) is 1. The number of halogens is 1. The van der Waals surface area contributed by atoms with Crippen molar-refractivity contribution < 1.29 is 8.42 Å². The summed E-state index contributed by atoms with van der Waals surface area (Å²) in [5.41, 5.74) is 0.977. The Morgan fingerprint density at radius 3 is 2.76 bits per heavy atom. The average Bonchev–Trinajstić information content (AvgIpc) is 2.85. The smallest absolute Gasteiger partial charge is 0.207 e. The Hall–Kier alpha value is -0.210. The van der Waals surface area contributed by atoms with Gasteiger partial charge >= 0.3 is 0 Å². The van der Waals surface area contributed by atoms with Crippen LogP contribution >= 0.6 is 38.6 Å². The van der Waals surface area contributed by atoms with Gasteiger partial charge in [0.15, 0.2) is 0 Å². The van der Waals surface area contributed by atoms with Gasteiger partial charge in [-0.05, 0) is 51.3 Å². The lowest BCUT2D eigenvalue weighted by atomic mass is 10.4. The van der Waals surface area contributed by atoms with Crippen LogP contribution in [0, 0.1) is 6.92 Å². The second kappa shape index (κ2) is 5.19. The Kier molecular flexibility index (Phi) is 4.04. The Morgan fingerprint density at radius 2 is 2.24 bits per heavy atom. The number of rotatable bonds is 4. The van der Waals surface area contributed by atoms with E-state index >= 15 is 0 Å². The van der Waals surface area contributed by atoms with E-state index in [0.29, 0.717) is 11.4 Å². The standard InChI is InChI=1S/C10H10BrNO2S3/c1-7-9(4-10(11)16-7)17(13,14)12-5-8-2-3-15-6-8/h2-4,6,12H,5H2,1H3. The molecule has 0 aliphatic carbocycles. The van der Waals surface area contributed by atoms with Crippen molar-refractivity contribution in [3.05, 3.63) is 37.1 Å². The van der Waals surface area contributed by atoms with E-state index in [2.05, 4.69) is 20.7 Å². The number of hydrogen-bond acceptors (Lipinski definition) is 4. The van der Waals surface area contributed by atoms with Gasteiger partial charge in [0.05, 0.1) is 8.68 Å². The van der Waals surface area contributed by atoms with E-state index in [1.54, 1.807) is 24.3 Å². The van der Waals surface area contributed by atoms with Gasteiger partial charge in [0.1, 0.15) is 0 Å². The lowest BCUT2D eigenvalue weighted by molar-refractivity contribution is 0.581. The molecule has 0 atom stereocenters. The van der Waals surface area contributed by atoms with Crippen molar-refractivity contribution in [1.29, 1.82) is 0 Å². The molecule has 0 aromatic carbocycles. The highest BCUT2D eigenvalue weighted by atomic mass is 79.9. The summed E-state index contributed by atoms with van der Waals surface area (Å²) in [5, 5.41) is 3.86. The molecular weight excluding hydrogens is 342 g/mol. The van der Waals surface area contributed by atoms with Crippen LogP contribution in [0.15, 0.2) is 31.6 Å². The van der Waals surface area contributed by atoms with Gasteiger partial charge < -0.3 is 0 Å². The molecule has 92 valence electrons. The summed E-state index contributed by atoms with van der Waals surface area (Å²) in [5.74, 6) is 0. The van der Waals surface area contributed by atoms with Gasteiger partial charge in [0, 0.05) is 11.4 Å². The van der Waals surface area contributed by atoms with Gasteiger partial charge in [-0.1, -0.05) is 0 Å². The van der Waals surface area contributed by atoms with E-state index in [1.165, 1.54) is 11.3 Å². The van der Waals surface area contributed by atoms with Crippen LogP contribution in [-0.4, -0.2) is 8.42 Å². The fourth-order valence-corrected chi connectivity index (χ4v) is 5.45. The first-order chi connectivity index (χ1) is 7.99. The molecule has 0 spiro atoms. The minimum atomic E-state index is -3.41. The van der Waals surface area contributed by atoms with Crippen molar-refractivity contribution in [3.8, 4) is 0 Å². The van der Waals surface area contributed by atoms with Crippen molar-refractivity contribution in [2.75, 3.05) is 0 Å². The summed E-state index contributed by atoms with van der Waals surface area (Å²) >= 11 is 6.27. The highest BCUT2D eigenvalue weighted by Crippen LogP contribution is 2.29. The second-order valence-corrected chi connectivity index (χ2v) is 8.58. The highest BCUT2D eigenvalue weighted by molar-refractivity contribution is 9.11. The Labute approximate surface area is 117 Å². The van der Waals surface area contributed by atoms with Crippen LogP contribution in [0.1, 0.15) is 10.4 Å². The SMILES string of the molecule is Cc1sc(Br)cc1S(=O)(=O)NCc1ccsc1. The number of nitrogens with one attached hydrogen (secondary N) is 1. The minimum Gasteiger partial charge on any atom is -0.207 e. The summed E-state index contributed by atoms with van der Waals surface area (Å²) in [6.45, 7) is 2.13. The molecule has 2 aromatic rings. The first-order valence-corrected chi connectivity index (χ1v) is 8.79. The van der Waals surface area contributed by atoms with Crippen molar-refractivity contribution in [2.24, 2.45) is 0 Å². The molecular formula is C10H10BrNO2S3. The van der Waals surface area contributed by atoms with Gasteiger partial charge in [0.2, 0.25) is 10.0 Å². The minimum absolute atomic E-state index is 0.332. The van der Waals surface area contributed by atoms with Crippen LogP contribution in [0.2, 0.25) is 0 Å². The zero-order valence-electron chi connectivity index (χ0n) is 8.94. The summed E-state index contributed by atoms with van der Waals surface area (Å²) in [6.07, 6.45) is 0. The van der Waals surface area contributed by atoms with Crippen molar-refractivity contribution in [2.45, 2.75) is 18.4 Å². The summed E-state index contributed by atoms with van der Waals surface area (Å²) in [4.78, 5) is 1.14. The molecule has 2 aromatic heterocycles. The molecule has 0 aliphatic rings. The largest absolute Gasteiger partial charge is 0.242 e. The Balaban J connectivity index is 2.17. The zero-order chi connectivity index (χ0) is 12.5. The molecule has 2 heterocycles.